The van der Waals surface area contributed by atoms with E-state index in [1.807, 2.05) is 0 Å². The molecule has 0 aliphatic rings. The molecule has 0 saturated carbocycles. The Labute approximate surface area is 65.3 Å². The van der Waals surface area contributed by atoms with Crippen LogP contribution in [0.2, 0.25) is 5.15 Å². The standard InChI is InChI=1S/C7H6ClNO/c1-5-2-3-6(4-10)7(8)9-5/h2-4H,1H3/i2D. The van der Waals surface area contributed by atoms with Crippen molar-refractivity contribution in [3.05, 3.63) is 28.5 Å². The fourth-order valence-corrected chi connectivity index (χ4v) is 0.794. The topological polar surface area (TPSA) is 30.0 Å². The van der Waals surface area contributed by atoms with E-state index >= 15 is 0 Å². The van der Waals surface area contributed by atoms with E-state index in [1.54, 1.807) is 6.92 Å². The number of carbonyl (C=O) groups is 1. The van der Waals surface area contributed by atoms with Gasteiger partial charge in [0.25, 0.3) is 0 Å². The minimum Gasteiger partial charge on any atom is -0.298 e. The van der Waals surface area contributed by atoms with Crippen LogP contribution in [0.25, 0.3) is 0 Å². The SMILES string of the molecule is [2H]c1cc(C=O)c(Cl)nc1C. The molecule has 0 aromatic carbocycles. The molecule has 1 heterocycles. The molecule has 0 bridgehead atoms. The maximum absolute atomic E-state index is 10.3. The molecule has 0 radical (unpaired) electrons. The van der Waals surface area contributed by atoms with Crippen LogP contribution in [0.1, 0.15) is 17.4 Å². The molecule has 2 nitrogen and oxygen atoms in total. The minimum atomic E-state index is 0.161. The van der Waals surface area contributed by atoms with Crippen LogP contribution in [0.5, 0.6) is 0 Å². The lowest BCUT2D eigenvalue weighted by molar-refractivity contribution is 0.112. The van der Waals surface area contributed by atoms with Crippen molar-refractivity contribution in [3.8, 4) is 0 Å². The van der Waals surface area contributed by atoms with Gasteiger partial charge in [-0.25, -0.2) is 4.98 Å². The molecular formula is C7H6ClNO. The van der Waals surface area contributed by atoms with Gasteiger partial charge in [0, 0.05) is 5.69 Å². The molecule has 0 amide bonds. The van der Waals surface area contributed by atoms with E-state index in [0.717, 1.165) is 0 Å². The summed E-state index contributed by atoms with van der Waals surface area (Å²) in [6.07, 6.45) is 0.590. The van der Waals surface area contributed by atoms with Gasteiger partial charge in [-0.1, -0.05) is 11.6 Å². The van der Waals surface area contributed by atoms with Crippen LogP contribution in [-0.4, -0.2) is 11.3 Å². The number of aldehydes is 1. The summed E-state index contributed by atoms with van der Waals surface area (Å²) in [4.78, 5) is 14.1. The summed E-state index contributed by atoms with van der Waals surface area (Å²) in [6, 6.07) is 1.63. The molecule has 0 unspecified atom stereocenters. The molecule has 0 aliphatic heterocycles. The van der Waals surface area contributed by atoms with Gasteiger partial charge >= 0.3 is 0 Å². The van der Waals surface area contributed by atoms with Crippen molar-refractivity contribution in [1.29, 1.82) is 0 Å². The Bertz CT molecular complexity index is 301. The molecule has 1 aromatic rings. The Balaban J connectivity index is 3.31. The summed E-state index contributed by atoms with van der Waals surface area (Å²) >= 11 is 5.58. The maximum atomic E-state index is 10.3. The average Bonchev–Trinajstić information content (AvgIpc) is 1.97. The van der Waals surface area contributed by atoms with Crippen LogP contribution < -0.4 is 0 Å². The normalized spacial score (nSPS) is 10.8. The molecule has 0 saturated heterocycles. The predicted octanol–water partition coefficient (Wildman–Crippen LogP) is 1.86. The van der Waals surface area contributed by atoms with Crippen molar-refractivity contribution in [2.45, 2.75) is 6.92 Å². The summed E-state index contributed by atoms with van der Waals surface area (Å²) in [5.74, 6) is 0. The van der Waals surface area contributed by atoms with Gasteiger partial charge in [-0.2, -0.15) is 0 Å². The third kappa shape index (κ3) is 1.33. The van der Waals surface area contributed by atoms with Gasteiger partial charge in [-0.15, -0.1) is 0 Å². The van der Waals surface area contributed by atoms with E-state index in [-0.39, 0.29) is 16.8 Å². The highest BCUT2D eigenvalue weighted by molar-refractivity contribution is 6.31. The van der Waals surface area contributed by atoms with Crippen molar-refractivity contribution >= 4 is 17.9 Å². The second kappa shape index (κ2) is 2.80. The van der Waals surface area contributed by atoms with Crippen molar-refractivity contribution < 1.29 is 6.17 Å². The molecule has 0 N–H and O–H groups in total. The third-order valence-electron chi connectivity index (χ3n) is 1.07. The molecule has 0 spiro atoms. The van der Waals surface area contributed by atoms with E-state index in [4.69, 9.17) is 13.0 Å². The third-order valence-corrected chi connectivity index (χ3v) is 1.37. The zero-order valence-electron chi connectivity index (χ0n) is 6.39. The number of pyridine rings is 1. The molecule has 52 valence electrons. The van der Waals surface area contributed by atoms with Crippen LogP contribution in [0, 0.1) is 6.92 Å². The molecule has 1 rings (SSSR count). The van der Waals surface area contributed by atoms with E-state index < -0.39 is 0 Å². The first-order chi connectivity index (χ1) is 5.15. The highest BCUT2D eigenvalue weighted by Crippen LogP contribution is 2.10. The number of halogens is 1. The monoisotopic (exact) mass is 156 g/mol. The van der Waals surface area contributed by atoms with Gasteiger partial charge in [-0.3, -0.25) is 4.79 Å². The van der Waals surface area contributed by atoms with Crippen LogP contribution >= 0.6 is 11.6 Å². The Morgan fingerprint density at radius 3 is 3.20 bits per heavy atom. The van der Waals surface area contributed by atoms with Crippen LogP contribution in [0.4, 0.5) is 0 Å². The summed E-state index contributed by atoms with van der Waals surface area (Å²) in [5, 5.41) is 0.161. The lowest BCUT2D eigenvalue weighted by atomic mass is 10.3. The highest BCUT2D eigenvalue weighted by atomic mass is 35.5. The summed E-state index contributed by atoms with van der Waals surface area (Å²) in [6.45, 7) is 1.67. The first kappa shape index (κ1) is 5.86. The van der Waals surface area contributed by atoms with Crippen molar-refractivity contribution in [2.24, 2.45) is 0 Å². The molecule has 1 aromatic heterocycles. The average molecular weight is 157 g/mol. The largest absolute Gasteiger partial charge is 0.298 e. The van der Waals surface area contributed by atoms with Gasteiger partial charge < -0.3 is 0 Å². The predicted molar refractivity (Wildman–Crippen MR) is 39.4 cm³/mol. The molecule has 10 heavy (non-hydrogen) atoms. The highest BCUT2D eigenvalue weighted by Gasteiger charge is 1.97. The Hall–Kier alpha value is -0.890. The number of aryl methyl sites for hydroxylation is 1. The Morgan fingerprint density at radius 1 is 1.90 bits per heavy atom. The fraction of sp³-hybridized carbons (Fsp3) is 0.143. The van der Waals surface area contributed by atoms with Crippen molar-refractivity contribution in [1.82, 2.24) is 4.98 Å². The van der Waals surface area contributed by atoms with Crippen LogP contribution in [0.15, 0.2) is 12.1 Å². The summed E-state index contributed by atoms with van der Waals surface area (Å²) in [5.41, 5.74) is 0.794. The second-order valence-corrected chi connectivity index (χ2v) is 2.21. The number of carbonyl (C=O) groups excluding carboxylic acids is 1. The van der Waals surface area contributed by atoms with Crippen LogP contribution in [-0.2, 0) is 0 Å². The molecular weight excluding hydrogens is 150 g/mol. The van der Waals surface area contributed by atoms with Gasteiger partial charge in [0.2, 0.25) is 0 Å². The summed E-state index contributed by atoms with van der Waals surface area (Å²) in [7, 11) is 0. The number of hydrogen-bond acceptors (Lipinski definition) is 2. The van der Waals surface area contributed by atoms with E-state index in [2.05, 4.69) is 4.98 Å². The second-order valence-electron chi connectivity index (χ2n) is 1.85. The van der Waals surface area contributed by atoms with E-state index in [0.29, 0.717) is 12.0 Å². The van der Waals surface area contributed by atoms with Gasteiger partial charge in [-0.05, 0) is 19.0 Å². The molecule has 0 fully saturated rings. The number of hydrogen-bond donors (Lipinski definition) is 0. The van der Waals surface area contributed by atoms with Gasteiger partial charge in [0.1, 0.15) is 5.15 Å². The first-order valence-corrected chi connectivity index (χ1v) is 3.12. The van der Waals surface area contributed by atoms with Crippen molar-refractivity contribution in [3.63, 3.8) is 0 Å². The molecule has 3 heteroatoms. The van der Waals surface area contributed by atoms with Gasteiger partial charge in [0.15, 0.2) is 6.29 Å². The van der Waals surface area contributed by atoms with Crippen molar-refractivity contribution in [2.75, 3.05) is 0 Å². The molecule has 0 aliphatic carbocycles. The Kier molecular flexibility index (Phi) is 1.64. The minimum absolute atomic E-state index is 0.161. The van der Waals surface area contributed by atoms with Gasteiger partial charge in [0.05, 0.1) is 6.93 Å². The zero-order valence-corrected chi connectivity index (χ0v) is 6.14. The maximum Gasteiger partial charge on any atom is 0.153 e. The zero-order chi connectivity index (χ0) is 8.43. The number of aromatic nitrogens is 1. The van der Waals surface area contributed by atoms with Crippen LogP contribution in [0.3, 0.4) is 0 Å². The molecule has 0 atom stereocenters. The Morgan fingerprint density at radius 2 is 2.60 bits per heavy atom. The smallest absolute Gasteiger partial charge is 0.153 e. The lowest BCUT2D eigenvalue weighted by Gasteiger charge is -1.94. The quantitative estimate of drug-likeness (QED) is 0.459. The van der Waals surface area contributed by atoms with E-state index in [1.165, 1.54) is 6.07 Å². The summed E-state index contributed by atoms with van der Waals surface area (Å²) < 4.78 is 7.28. The fourth-order valence-electron chi connectivity index (χ4n) is 0.568. The number of nitrogens with zero attached hydrogens (tertiary/aromatic N) is 1. The first-order valence-electron chi connectivity index (χ1n) is 3.24. The number of rotatable bonds is 1. The lowest BCUT2D eigenvalue weighted by Crippen LogP contribution is -1.87. The van der Waals surface area contributed by atoms with E-state index in [9.17, 15) is 4.79 Å².